The Labute approximate surface area is 128 Å². The molecule has 0 saturated carbocycles. The van der Waals surface area contributed by atoms with E-state index in [-0.39, 0.29) is 6.61 Å². The van der Waals surface area contributed by atoms with E-state index in [1.54, 1.807) is 0 Å². The fourth-order valence-corrected chi connectivity index (χ4v) is 2.46. The number of nitrogens with zero attached hydrogens (tertiary/aromatic N) is 5. The first-order chi connectivity index (χ1) is 10.7. The second kappa shape index (κ2) is 6.23. The van der Waals surface area contributed by atoms with Crippen LogP contribution in [0, 0.1) is 5.92 Å². The van der Waals surface area contributed by atoms with Gasteiger partial charge in [-0.25, -0.2) is 9.67 Å². The van der Waals surface area contributed by atoms with Gasteiger partial charge in [-0.2, -0.15) is 20.5 Å². The van der Waals surface area contributed by atoms with Gasteiger partial charge in [0, 0.05) is 25.1 Å². The maximum absolute atomic E-state index is 9.09. The lowest BCUT2D eigenvalue weighted by atomic mass is 10.1. The zero-order chi connectivity index (χ0) is 15.5. The maximum Gasteiger partial charge on any atom is 0.160 e. The number of aliphatic hydroxyl groups is 1. The van der Waals surface area contributed by atoms with Crippen molar-refractivity contribution in [1.29, 1.82) is 0 Å². The molecular weight excluding hydrogens is 280 g/mol. The summed E-state index contributed by atoms with van der Waals surface area (Å²) in [6.07, 6.45) is 1.47. The van der Waals surface area contributed by atoms with Gasteiger partial charge in [-0.1, -0.05) is 19.9 Å². The van der Waals surface area contributed by atoms with Crippen LogP contribution in [0.2, 0.25) is 0 Å². The molecule has 0 fully saturated rings. The van der Waals surface area contributed by atoms with Crippen molar-refractivity contribution in [2.24, 2.45) is 5.92 Å². The number of para-hydroxylation sites is 1. The molecule has 7 heteroatoms. The minimum absolute atomic E-state index is 0.132. The monoisotopic (exact) mass is 300 g/mol. The lowest BCUT2D eigenvalue weighted by Crippen LogP contribution is -2.05. The molecule has 0 amide bonds. The van der Waals surface area contributed by atoms with Crippen LogP contribution < -0.4 is 0 Å². The summed E-state index contributed by atoms with van der Waals surface area (Å²) < 4.78 is 1.86. The molecule has 0 saturated heterocycles. The molecule has 2 heterocycles. The summed E-state index contributed by atoms with van der Waals surface area (Å²) in [6, 6.07) is 5.82. The molecule has 22 heavy (non-hydrogen) atoms. The smallest absolute Gasteiger partial charge is 0.160 e. The molecule has 0 aliphatic rings. The van der Waals surface area contributed by atoms with Crippen LogP contribution in [0.4, 0.5) is 0 Å². The first-order valence-corrected chi connectivity index (χ1v) is 7.53. The quantitative estimate of drug-likeness (QED) is 0.724. The van der Waals surface area contributed by atoms with Gasteiger partial charge in [0.15, 0.2) is 11.6 Å². The number of hydrogen-bond acceptors (Lipinski definition) is 5. The van der Waals surface area contributed by atoms with Gasteiger partial charge in [-0.3, -0.25) is 0 Å². The van der Waals surface area contributed by atoms with Crippen molar-refractivity contribution >= 4 is 11.0 Å². The molecule has 3 rings (SSSR count). The zero-order valence-corrected chi connectivity index (χ0v) is 12.8. The van der Waals surface area contributed by atoms with Crippen LogP contribution in [0.5, 0.6) is 0 Å². The Morgan fingerprint density at radius 1 is 1.27 bits per heavy atom. The summed E-state index contributed by atoms with van der Waals surface area (Å²) in [5, 5.41) is 24.7. The predicted octanol–water partition coefficient (Wildman–Crippen LogP) is 1.80. The highest BCUT2D eigenvalue weighted by Crippen LogP contribution is 2.25. The number of aryl methyl sites for hydroxylation is 1. The summed E-state index contributed by atoms with van der Waals surface area (Å²) in [5.74, 6) is 2.09. The lowest BCUT2D eigenvalue weighted by Gasteiger charge is -2.05. The van der Waals surface area contributed by atoms with E-state index in [2.05, 4.69) is 34.4 Å². The molecule has 116 valence electrons. The predicted molar refractivity (Wildman–Crippen MR) is 83.1 cm³/mol. The number of aromatic amines is 1. The third-order valence-corrected chi connectivity index (χ3v) is 3.42. The minimum atomic E-state index is 0.132. The third kappa shape index (κ3) is 2.85. The summed E-state index contributed by atoms with van der Waals surface area (Å²) >= 11 is 0. The van der Waals surface area contributed by atoms with E-state index < -0.39 is 0 Å². The molecule has 0 bridgehead atoms. The molecule has 0 unspecified atom stereocenters. The van der Waals surface area contributed by atoms with Crippen molar-refractivity contribution < 1.29 is 5.11 Å². The molecule has 7 nitrogen and oxygen atoms in total. The van der Waals surface area contributed by atoms with Crippen molar-refractivity contribution in [2.45, 2.75) is 33.2 Å². The Morgan fingerprint density at radius 3 is 2.91 bits per heavy atom. The Morgan fingerprint density at radius 2 is 2.14 bits per heavy atom. The molecule has 1 aromatic carbocycles. The standard InChI is InChI=1S/C15H20N6O/c1-10(2)9-13-16-15(21(19-13)7-4-8-22)11-5-3-6-12-14(11)18-20-17-12/h3,5-6,10,22H,4,7-9H2,1-2H3,(H,17,18,20). The van der Waals surface area contributed by atoms with Crippen LogP contribution in [0.3, 0.4) is 0 Å². The fraction of sp³-hybridized carbons (Fsp3) is 0.467. The number of rotatable bonds is 6. The van der Waals surface area contributed by atoms with Crippen LogP contribution in [-0.2, 0) is 13.0 Å². The van der Waals surface area contributed by atoms with E-state index in [1.807, 2.05) is 22.9 Å². The molecular formula is C15H20N6O. The van der Waals surface area contributed by atoms with Crippen molar-refractivity contribution in [3.8, 4) is 11.4 Å². The molecule has 2 aromatic heterocycles. The van der Waals surface area contributed by atoms with E-state index >= 15 is 0 Å². The molecule has 0 aliphatic heterocycles. The van der Waals surface area contributed by atoms with Gasteiger partial charge in [0.05, 0.1) is 0 Å². The van der Waals surface area contributed by atoms with Gasteiger partial charge in [-0.05, 0) is 24.5 Å². The highest BCUT2D eigenvalue weighted by molar-refractivity contribution is 5.89. The van der Waals surface area contributed by atoms with Gasteiger partial charge in [0.25, 0.3) is 0 Å². The van der Waals surface area contributed by atoms with Gasteiger partial charge in [0.1, 0.15) is 11.0 Å². The van der Waals surface area contributed by atoms with Gasteiger partial charge >= 0.3 is 0 Å². The fourth-order valence-electron chi connectivity index (χ4n) is 2.46. The average Bonchev–Trinajstić information content (AvgIpc) is 3.10. The normalized spacial score (nSPS) is 11.6. The summed E-state index contributed by atoms with van der Waals surface area (Å²) in [5.41, 5.74) is 2.50. The highest BCUT2D eigenvalue weighted by atomic mass is 16.3. The summed E-state index contributed by atoms with van der Waals surface area (Å²) in [4.78, 5) is 4.69. The van der Waals surface area contributed by atoms with Crippen LogP contribution >= 0.6 is 0 Å². The Bertz CT molecular complexity index is 760. The van der Waals surface area contributed by atoms with Crippen molar-refractivity contribution in [1.82, 2.24) is 30.2 Å². The largest absolute Gasteiger partial charge is 0.396 e. The Kier molecular flexibility index (Phi) is 4.15. The van der Waals surface area contributed by atoms with E-state index in [9.17, 15) is 0 Å². The number of aromatic nitrogens is 6. The number of hydrogen-bond donors (Lipinski definition) is 2. The SMILES string of the molecule is CC(C)Cc1nc(-c2cccc3n[nH]nc23)n(CCCO)n1. The van der Waals surface area contributed by atoms with E-state index in [4.69, 9.17) is 10.1 Å². The van der Waals surface area contributed by atoms with E-state index in [0.717, 1.165) is 34.7 Å². The Hall–Kier alpha value is -2.28. The third-order valence-electron chi connectivity index (χ3n) is 3.42. The lowest BCUT2D eigenvalue weighted by molar-refractivity contribution is 0.277. The topological polar surface area (TPSA) is 92.5 Å². The molecule has 0 atom stereocenters. The van der Waals surface area contributed by atoms with Crippen molar-refractivity contribution in [3.05, 3.63) is 24.0 Å². The molecule has 0 radical (unpaired) electrons. The van der Waals surface area contributed by atoms with Gasteiger partial charge in [-0.15, -0.1) is 0 Å². The number of fused-ring (bicyclic) bond motifs is 1. The number of nitrogens with one attached hydrogen (secondary N) is 1. The van der Waals surface area contributed by atoms with E-state index in [0.29, 0.717) is 18.9 Å². The number of H-pyrrole nitrogens is 1. The molecule has 0 spiro atoms. The van der Waals surface area contributed by atoms with Crippen molar-refractivity contribution in [2.75, 3.05) is 6.61 Å². The minimum Gasteiger partial charge on any atom is -0.396 e. The molecule has 0 aliphatic carbocycles. The average molecular weight is 300 g/mol. The van der Waals surface area contributed by atoms with Crippen molar-refractivity contribution in [3.63, 3.8) is 0 Å². The van der Waals surface area contributed by atoms with Gasteiger partial charge in [0.2, 0.25) is 0 Å². The second-order valence-electron chi connectivity index (χ2n) is 5.75. The van der Waals surface area contributed by atoms with E-state index in [1.165, 1.54) is 0 Å². The first-order valence-electron chi connectivity index (χ1n) is 7.53. The van der Waals surface area contributed by atoms with Crippen LogP contribution in [-0.4, -0.2) is 41.9 Å². The highest BCUT2D eigenvalue weighted by Gasteiger charge is 2.16. The van der Waals surface area contributed by atoms with Crippen LogP contribution in [0.15, 0.2) is 18.2 Å². The summed E-state index contributed by atoms with van der Waals surface area (Å²) in [6.45, 7) is 5.05. The van der Waals surface area contributed by atoms with Gasteiger partial charge < -0.3 is 5.11 Å². The first kappa shape index (κ1) is 14.6. The second-order valence-corrected chi connectivity index (χ2v) is 5.75. The van der Waals surface area contributed by atoms with Crippen LogP contribution in [0.25, 0.3) is 22.4 Å². The molecule has 2 N–H and O–H groups in total. The zero-order valence-electron chi connectivity index (χ0n) is 12.8. The van der Waals surface area contributed by atoms with Crippen LogP contribution in [0.1, 0.15) is 26.1 Å². The summed E-state index contributed by atoms with van der Waals surface area (Å²) in [7, 11) is 0. The molecule has 3 aromatic rings. The number of benzene rings is 1. The number of aliphatic hydroxyl groups excluding tert-OH is 1. The Balaban J connectivity index is 2.07. The maximum atomic E-state index is 9.09.